The summed E-state index contributed by atoms with van der Waals surface area (Å²) in [5.74, 6) is 1.73. The maximum Gasteiger partial charge on any atom is 0.274 e. The second-order valence-electron chi connectivity index (χ2n) is 4.84. The average Bonchev–Trinajstić information content (AvgIpc) is 2.56. The number of nitrogens with two attached hydrogens (primary N) is 1. The number of nitrogens with zero attached hydrogens (tertiary/aromatic N) is 2. The first-order valence-corrected chi connectivity index (χ1v) is 6.83. The third kappa shape index (κ3) is 3.86. The fraction of sp³-hybridized carbons (Fsp3) is 0.118. The van der Waals surface area contributed by atoms with Gasteiger partial charge in [0.2, 0.25) is 0 Å². The molecule has 0 aliphatic carbocycles. The molecule has 6 nitrogen and oxygen atoms in total. The molecule has 0 aliphatic heterocycles. The van der Waals surface area contributed by atoms with Gasteiger partial charge in [0.1, 0.15) is 5.69 Å². The molecule has 0 radical (unpaired) electrons. The number of carbonyl (C=O) groups excluding carboxylic acids is 2. The zero-order chi connectivity index (χ0) is 16.8. The highest BCUT2D eigenvalue weighted by molar-refractivity contribution is 6.04. The van der Waals surface area contributed by atoms with Crippen molar-refractivity contribution in [2.45, 2.75) is 0 Å². The molecule has 3 N–H and O–H groups in total. The van der Waals surface area contributed by atoms with Gasteiger partial charge in [-0.25, -0.2) is 0 Å². The molecule has 0 bridgehead atoms. The molecule has 0 saturated heterocycles. The van der Waals surface area contributed by atoms with Crippen molar-refractivity contribution in [3.8, 4) is 12.3 Å². The van der Waals surface area contributed by atoms with Gasteiger partial charge in [-0.2, -0.15) is 0 Å². The van der Waals surface area contributed by atoms with Crippen LogP contribution in [0.15, 0.2) is 42.6 Å². The molecule has 2 aromatic rings. The van der Waals surface area contributed by atoms with E-state index in [1.165, 1.54) is 23.2 Å². The summed E-state index contributed by atoms with van der Waals surface area (Å²) in [6.07, 6.45) is 6.52. The molecule has 0 saturated carbocycles. The number of benzene rings is 1. The Bertz CT molecular complexity index is 763. The Morgan fingerprint density at radius 3 is 2.65 bits per heavy atom. The first kappa shape index (κ1) is 16.0. The van der Waals surface area contributed by atoms with Gasteiger partial charge in [-0.15, -0.1) is 6.42 Å². The number of rotatable bonds is 4. The molecule has 6 heteroatoms. The molecule has 23 heavy (non-hydrogen) atoms. The first-order valence-electron chi connectivity index (χ1n) is 6.83. The van der Waals surface area contributed by atoms with Gasteiger partial charge in [-0.05, 0) is 24.3 Å². The number of nitrogen functional groups attached to an aromatic ring is 1. The summed E-state index contributed by atoms with van der Waals surface area (Å²) < 4.78 is 0. The third-order valence-corrected chi connectivity index (χ3v) is 3.13. The second kappa shape index (κ2) is 7.09. The van der Waals surface area contributed by atoms with E-state index in [-0.39, 0.29) is 18.1 Å². The van der Waals surface area contributed by atoms with Crippen molar-refractivity contribution in [2.75, 3.05) is 24.6 Å². The summed E-state index contributed by atoms with van der Waals surface area (Å²) in [7, 11) is 1.60. The van der Waals surface area contributed by atoms with Crippen LogP contribution in [0.25, 0.3) is 0 Å². The van der Waals surface area contributed by atoms with Crippen LogP contribution in [0.2, 0.25) is 0 Å². The summed E-state index contributed by atoms with van der Waals surface area (Å²) in [5.41, 5.74) is 7.28. The second-order valence-corrected chi connectivity index (χ2v) is 4.84. The molecule has 0 aliphatic rings. The molecule has 2 rings (SSSR count). The minimum atomic E-state index is -0.404. The van der Waals surface area contributed by atoms with Gasteiger partial charge >= 0.3 is 0 Å². The van der Waals surface area contributed by atoms with Crippen molar-refractivity contribution < 1.29 is 9.59 Å². The molecule has 2 amide bonds. The van der Waals surface area contributed by atoms with Crippen LogP contribution in [-0.2, 0) is 0 Å². The SMILES string of the molecule is C#CCN(C)C(=O)c1ccc(C(=O)Nc2ccccc2N)nc1. The Hall–Kier alpha value is -3.33. The summed E-state index contributed by atoms with van der Waals surface area (Å²) in [6, 6.07) is 9.93. The molecular weight excluding hydrogens is 292 g/mol. The van der Waals surface area contributed by atoms with E-state index >= 15 is 0 Å². The van der Waals surface area contributed by atoms with E-state index in [4.69, 9.17) is 12.2 Å². The van der Waals surface area contributed by atoms with E-state index in [0.29, 0.717) is 16.9 Å². The maximum atomic E-state index is 12.1. The summed E-state index contributed by atoms with van der Waals surface area (Å²) >= 11 is 0. The van der Waals surface area contributed by atoms with E-state index < -0.39 is 5.91 Å². The quantitative estimate of drug-likeness (QED) is 0.663. The van der Waals surface area contributed by atoms with E-state index in [2.05, 4.69) is 16.2 Å². The predicted molar refractivity (Wildman–Crippen MR) is 88.8 cm³/mol. The summed E-state index contributed by atoms with van der Waals surface area (Å²) in [4.78, 5) is 29.6. The highest BCUT2D eigenvalue weighted by Crippen LogP contribution is 2.17. The van der Waals surface area contributed by atoms with Crippen molar-refractivity contribution in [3.05, 3.63) is 53.9 Å². The smallest absolute Gasteiger partial charge is 0.274 e. The number of para-hydroxylation sites is 2. The number of terminal acetylenes is 1. The van der Waals surface area contributed by atoms with Gasteiger partial charge in [-0.1, -0.05) is 18.1 Å². The normalized spacial score (nSPS) is 9.74. The fourth-order valence-corrected chi connectivity index (χ4v) is 1.88. The third-order valence-electron chi connectivity index (χ3n) is 3.13. The first-order chi connectivity index (χ1) is 11.0. The topological polar surface area (TPSA) is 88.3 Å². The zero-order valence-corrected chi connectivity index (χ0v) is 12.6. The maximum absolute atomic E-state index is 12.1. The van der Waals surface area contributed by atoms with Gasteiger partial charge in [-0.3, -0.25) is 14.6 Å². The molecule has 0 spiro atoms. The lowest BCUT2D eigenvalue weighted by molar-refractivity contribution is 0.0811. The molecule has 1 aromatic carbocycles. The summed E-state index contributed by atoms with van der Waals surface area (Å²) in [5, 5.41) is 2.67. The van der Waals surface area contributed by atoms with E-state index in [1.807, 2.05) is 0 Å². The lowest BCUT2D eigenvalue weighted by Crippen LogP contribution is -2.27. The zero-order valence-electron chi connectivity index (χ0n) is 12.6. The van der Waals surface area contributed by atoms with E-state index in [0.717, 1.165) is 0 Å². The Kier molecular flexibility index (Phi) is 4.95. The molecule has 0 fully saturated rings. The number of pyridine rings is 1. The lowest BCUT2D eigenvalue weighted by atomic mass is 10.2. The van der Waals surface area contributed by atoms with Crippen LogP contribution in [0, 0.1) is 12.3 Å². The predicted octanol–water partition coefficient (Wildman–Crippen LogP) is 1.62. The van der Waals surface area contributed by atoms with Crippen LogP contribution in [0.5, 0.6) is 0 Å². The van der Waals surface area contributed by atoms with E-state index in [1.54, 1.807) is 31.3 Å². The van der Waals surface area contributed by atoms with Gasteiger partial charge in [0.15, 0.2) is 0 Å². The number of aromatic nitrogens is 1. The Balaban J connectivity index is 2.10. The van der Waals surface area contributed by atoms with Crippen LogP contribution in [0.3, 0.4) is 0 Å². The van der Waals surface area contributed by atoms with Gasteiger partial charge in [0.25, 0.3) is 11.8 Å². The molecule has 1 heterocycles. The molecule has 1 aromatic heterocycles. The summed E-state index contributed by atoms with van der Waals surface area (Å²) in [6.45, 7) is 0.203. The lowest BCUT2D eigenvalue weighted by Gasteiger charge is -2.13. The minimum absolute atomic E-state index is 0.185. The molecular formula is C17H16N4O2. The number of carbonyl (C=O) groups is 2. The highest BCUT2D eigenvalue weighted by atomic mass is 16.2. The van der Waals surface area contributed by atoms with Crippen molar-refractivity contribution in [2.24, 2.45) is 0 Å². The average molecular weight is 308 g/mol. The van der Waals surface area contributed by atoms with Crippen LogP contribution < -0.4 is 11.1 Å². The molecule has 116 valence electrons. The van der Waals surface area contributed by atoms with Crippen LogP contribution in [0.1, 0.15) is 20.8 Å². The van der Waals surface area contributed by atoms with Crippen molar-refractivity contribution in [1.29, 1.82) is 0 Å². The van der Waals surface area contributed by atoms with E-state index in [9.17, 15) is 9.59 Å². The van der Waals surface area contributed by atoms with Crippen molar-refractivity contribution >= 4 is 23.2 Å². The van der Waals surface area contributed by atoms with Crippen LogP contribution in [0.4, 0.5) is 11.4 Å². The fourth-order valence-electron chi connectivity index (χ4n) is 1.88. The highest BCUT2D eigenvalue weighted by Gasteiger charge is 2.13. The Labute approximate surface area is 134 Å². The monoisotopic (exact) mass is 308 g/mol. The largest absolute Gasteiger partial charge is 0.397 e. The van der Waals surface area contributed by atoms with Crippen LogP contribution in [-0.4, -0.2) is 35.3 Å². The van der Waals surface area contributed by atoms with Gasteiger partial charge in [0, 0.05) is 13.2 Å². The minimum Gasteiger partial charge on any atom is -0.397 e. The number of anilines is 2. The molecule has 0 atom stereocenters. The van der Waals surface area contributed by atoms with Crippen molar-refractivity contribution in [3.63, 3.8) is 0 Å². The standard InChI is InChI=1S/C17H16N4O2/c1-3-10-21(2)17(23)12-8-9-15(19-11-12)16(22)20-14-7-5-4-6-13(14)18/h1,4-9,11H,10,18H2,2H3,(H,20,22). The van der Waals surface area contributed by atoms with Crippen LogP contribution >= 0.6 is 0 Å². The van der Waals surface area contributed by atoms with Crippen molar-refractivity contribution in [1.82, 2.24) is 9.88 Å². The number of amides is 2. The Morgan fingerprint density at radius 2 is 2.04 bits per heavy atom. The van der Waals surface area contributed by atoms with Gasteiger partial charge < -0.3 is 16.0 Å². The molecule has 0 unspecified atom stereocenters. The number of hydrogen-bond acceptors (Lipinski definition) is 4. The number of nitrogens with one attached hydrogen (secondary N) is 1. The van der Waals surface area contributed by atoms with Gasteiger partial charge in [0.05, 0.1) is 23.5 Å². The number of hydrogen-bond donors (Lipinski definition) is 2. The Morgan fingerprint density at radius 1 is 1.30 bits per heavy atom.